The van der Waals surface area contributed by atoms with Crippen LogP contribution in [-0.4, -0.2) is 54.7 Å². The third-order valence-corrected chi connectivity index (χ3v) is 8.86. The zero-order valence-corrected chi connectivity index (χ0v) is 27.2. The Morgan fingerprint density at radius 1 is 1.08 bits per heavy atom. The fourth-order valence-electron chi connectivity index (χ4n) is 6.27. The smallest absolute Gasteiger partial charge is 0.416 e. The van der Waals surface area contributed by atoms with E-state index in [9.17, 15) is 41.0 Å². The number of benzene rings is 2. The Bertz CT molecular complexity index is 2030. The van der Waals surface area contributed by atoms with Crippen molar-refractivity contribution in [1.29, 1.82) is 0 Å². The van der Waals surface area contributed by atoms with Gasteiger partial charge >= 0.3 is 24.4 Å². The van der Waals surface area contributed by atoms with Crippen LogP contribution < -0.4 is 0 Å². The monoisotopic (exact) mass is 713 g/mol. The molecule has 6 rings (SSSR count). The quantitative estimate of drug-likeness (QED) is 0.183. The van der Waals surface area contributed by atoms with E-state index in [0.717, 1.165) is 11.1 Å². The minimum Gasteiger partial charge on any atom is -0.496 e. The molecule has 1 fully saturated rings. The van der Waals surface area contributed by atoms with E-state index in [1.807, 2.05) is 12.2 Å². The number of carbonyl (C=O) groups excluding carboxylic acids is 1. The Balaban J connectivity index is 1.41. The van der Waals surface area contributed by atoms with E-state index in [1.165, 1.54) is 48.3 Å². The molecule has 1 N–H and O–H groups in total. The second-order valence-electron chi connectivity index (χ2n) is 12.1. The van der Waals surface area contributed by atoms with Crippen LogP contribution >= 0.6 is 0 Å². The number of rotatable bonds is 8. The highest BCUT2D eigenvalue weighted by Crippen LogP contribution is 2.42. The molecule has 2 aromatic heterocycles. The molecule has 3 atom stereocenters. The predicted molar refractivity (Wildman–Crippen MR) is 168 cm³/mol. The van der Waals surface area contributed by atoms with Gasteiger partial charge in [0.1, 0.15) is 18.2 Å². The molecule has 1 amide bonds. The van der Waals surface area contributed by atoms with Gasteiger partial charge in [0.25, 0.3) is 0 Å². The number of ether oxygens (including phenoxy) is 2. The number of aryl methyl sites for hydroxylation is 1. The van der Waals surface area contributed by atoms with Crippen LogP contribution in [-0.2, 0) is 28.4 Å². The molecule has 1 aliphatic carbocycles. The van der Waals surface area contributed by atoms with Crippen LogP contribution in [0.1, 0.15) is 74.8 Å². The van der Waals surface area contributed by atoms with Crippen LogP contribution in [0.15, 0.2) is 79.2 Å². The number of hydrogen-bond donors (Lipinski definition) is 1. The maximum absolute atomic E-state index is 13.7. The van der Waals surface area contributed by atoms with E-state index in [4.69, 9.17) is 14.5 Å². The number of amides is 1. The maximum atomic E-state index is 13.7. The number of carboxylic acids is 1. The van der Waals surface area contributed by atoms with Crippen molar-refractivity contribution in [1.82, 2.24) is 24.4 Å². The van der Waals surface area contributed by atoms with Gasteiger partial charge in [0, 0.05) is 35.6 Å². The molecule has 0 spiro atoms. The lowest BCUT2D eigenvalue weighted by Crippen LogP contribution is -2.32. The highest BCUT2D eigenvalue weighted by molar-refractivity contribution is 5.88. The molecule has 51 heavy (non-hydrogen) atoms. The number of aromatic carboxylic acids is 1. The number of carboxylic acid groups (broad SMARTS) is 1. The molecular formula is C35H29F6N5O5. The van der Waals surface area contributed by atoms with E-state index < -0.39 is 53.3 Å². The molecule has 0 saturated carbocycles. The Hall–Kier alpha value is -5.67. The Kier molecular flexibility index (Phi) is 9.12. The van der Waals surface area contributed by atoms with Crippen molar-refractivity contribution in [3.8, 4) is 5.95 Å². The SMILES string of the molecule is COC1=CCC(c2ccc(C(=O)O)cc2C)C=C1c1cnc(-n2ccnc2)nc1CN1C(=O)OC(c2cc(C(F)(F)F)cc(C(F)(F)F)c2)C1C. The first-order chi connectivity index (χ1) is 24.0. The van der Waals surface area contributed by atoms with Crippen molar-refractivity contribution in [2.75, 3.05) is 7.11 Å². The average Bonchev–Trinajstić information content (AvgIpc) is 3.72. The molecule has 2 aliphatic rings. The fourth-order valence-corrected chi connectivity index (χ4v) is 6.27. The Morgan fingerprint density at radius 3 is 2.37 bits per heavy atom. The van der Waals surface area contributed by atoms with Gasteiger partial charge < -0.3 is 14.6 Å². The van der Waals surface area contributed by atoms with Crippen LogP contribution in [0.2, 0.25) is 0 Å². The van der Waals surface area contributed by atoms with Gasteiger partial charge in [0.15, 0.2) is 0 Å². The van der Waals surface area contributed by atoms with E-state index in [-0.39, 0.29) is 35.7 Å². The lowest BCUT2D eigenvalue weighted by atomic mass is 9.84. The molecule has 4 aromatic rings. The molecule has 16 heteroatoms. The molecule has 0 bridgehead atoms. The number of methoxy groups -OCH3 is 1. The van der Waals surface area contributed by atoms with Gasteiger partial charge in [-0.05, 0) is 73.4 Å². The van der Waals surface area contributed by atoms with E-state index >= 15 is 0 Å². The minimum absolute atomic E-state index is 0.0155. The van der Waals surface area contributed by atoms with Crippen molar-refractivity contribution in [2.24, 2.45) is 0 Å². The van der Waals surface area contributed by atoms with Gasteiger partial charge in [-0.15, -0.1) is 0 Å². The van der Waals surface area contributed by atoms with Gasteiger partial charge in [0.05, 0.1) is 42.1 Å². The number of aromatic nitrogens is 4. The summed E-state index contributed by atoms with van der Waals surface area (Å²) in [5.74, 6) is -0.653. The molecule has 3 heterocycles. The lowest BCUT2D eigenvalue weighted by molar-refractivity contribution is -0.143. The molecule has 10 nitrogen and oxygen atoms in total. The summed E-state index contributed by atoms with van der Waals surface area (Å²) in [6, 6.07) is 4.92. The number of halogens is 6. The second-order valence-corrected chi connectivity index (χ2v) is 12.1. The Labute approximate surface area is 286 Å². The number of carbonyl (C=O) groups is 2. The lowest BCUT2D eigenvalue weighted by Gasteiger charge is -2.26. The van der Waals surface area contributed by atoms with Crippen molar-refractivity contribution in [2.45, 2.75) is 57.2 Å². The Morgan fingerprint density at radius 2 is 1.78 bits per heavy atom. The zero-order chi connectivity index (χ0) is 36.8. The first kappa shape index (κ1) is 35.2. The largest absolute Gasteiger partial charge is 0.496 e. The van der Waals surface area contributed by atoms with Crippen molar-refractivity contribution >= 4 is 17.6 Å². The van der Waals surface area contributed by atoms with E-state index in [2.05, 4.69) is 9.97 Å². The molecule has 1 aliphatic heterocycles. The van der Waals surface area contributed by atoms with Gasteiger partial charge in [-0.3, -0.25) is 9.47 Å². The van der Waals surface area contributed by atoms with E-state index in [0.29, 0.717) is 35.4 Å². The first-order valence-corrected chi connectivity index (χ1v) is 15.5. The molecular weight excluding hydrogens is 684 g/mol. The highest BCUT2D eigenvalue weighted by atomic mass is 19.4. The topological polar surface area (TPSA) is 120 Å². The minimum atomic E-state index is -5.09. The number of imidazole rings is 1. The predicted octanol–water partition coefficient (Wildman–Crippen LogP) is 7.89. The van der Waals surface area contributed by atoms with Gasteiger partial charge in [-0.25, -0.2) is 24.5 Å². The van der Waals surface area contributed by atoms with E-state index in [1.54, 1.807) is 25.3 Å². The van der Waals surface area contributed by atoms with Gasteiger partial charge in [-0.2, -0.15) is 26.3 Å². The molecule has 0 radical (unpaired) electrons. The van der Waals surface area contributed by atoms with Crippen LogP contribution in [0.3, 0.4) is 0 Å². The summed E-state index contributed by atoms with van der Waals surface area (Å²) < 4.78 is 94.6. The molecule has 3 unspecified atom stereocenters. The molecule has 266 valence electrons. The molecule has 2 aromatic carbocycles. The van der Waals surface area contributed by atoms with Crippen LogP contribution in [0.25, 0.3) is 11.5 Å². The normalized spacial score (nSPS) is 19.4. The zero-order valence-electron chi connectivity index (χ0n) is 27.2. The van der Waals surface area contributed by atoms with Crippen LogP contribution in [0.4, 0.5) is 31.1 Å². The number of allylic oxidation sites excluding steroid dienone is 3. The summed E-state index contributed by atoms with van der Waals surface area (Å²) >= 11 is 0. The number of nitrogens with zero attached hydrogens (tertiary/aromatic N) is 5. The summed E-state index contributed by atoms with van der Waals surface area (Å²) in [5.41, 5.74) is -0.518. The fraction of sp³-hybridized carbons (Fsp3) is 0.286. The summed E-state index contributed by atoms with van der Waals surface area (Å²) in [6.45, 7) is 2.99. The van der Waals surface area contributed by atoms with Crippen molar-refractivity contribution in [3.05, 3.63) is 124 Å². The van der Waals surface area contributed by atoms with Gasteiger partial charge in [0.2, 0.25) is 5.95 Å². The third-order valence-electron chi connectivity index (χ3n) is 8.86. The molecule has 1 saturated heterocycles. The number of cyclic esters (lactones) is 1. The van der Waals surface area contributed by atoms with Crippen LogP contribution in [0, 0.1) is 6.92 Å². The average molecular weight is 714 g/mol. The first-order valence-electron chi connectivity index (χ1n) is 15.5. The summed E-state index contributed by atoms with van der Waals surface area (Å²) in [4.78, 5) is 39.2. The second kappa shape index (κ2) is 13.2. The third kappa shape index (κ3) is 7.03. The standard InChI is InChI=1S/C35H29F6N5O5/c1-18-10-21(31(47)48)4-6-25(18)20-5-7-29(50-3)26(13-20)27-15-43-32(45-9-8-42-17-45)44-28(27)16-46-19(2)30(51-33(46)49)22-11-23(34(36,37)38)14-24(12-22)35(39,40)41/h4,6-15,17,19-20,30H,5,16H2,1-3H3,(H,47,48). The van der Waals surface area contributed by atoms with Gasteiger partial charge in [-0.1, -0.05) is 12.1 Å². The number of hydrogen-bond acceptors (Lipinski definition) is 7. The van der Waals surface area contributed by atoms with Crippen molar-refractivity contribution in [3.63, 3.8) is 0 Å². The number of alkyl halides is 6. The van der Waals surface area contributed by atoms with Crippen LogP contribution in [0.5, 0.6) is 0 Å². The maximum Gasteiger partial charge on any atom is 0.416 e. The summed E-state index contributed by atoms with van der Waals surface area (Å²) in [7, 11) is 1.47. The van der Waals surface area contributed by atoms with Crippen molar-refractivity contribution < 1.29 is 50.5 Å². The summed E-state index contributed by atoms with van der Waals surface area (Å²) in [6.07, 6.45) is -2.27. The highest BCUT2D eigenvalue weighted by Gasteiger charge is 2.44. The summed E-state index contributed by atoms with van der Waals surface area (Å²) in [5, 5.41) is 9.43.